The van der Waals surface area contributed by atoms with Gasteiger partial charge in [0.1, 0.15) is 0 Å². The molecule has 0 amide bonds. The molecule has 128 valence electrons. The zero-order chi connectivity index (χ0) is 17.2. The molecule has 0 spiro atoms. The average Bonchev–Trinajstić information content (AvgIpc) is 2.59. The molecule has 0 aromatic heterocycles. The monoisotopic (exact) mass is 345 g/mol. The molecule has 5 heteroatoms. The van der Waals surface area contributed by atoms with Gasteiger partial charge in [-0.2, -0.15) is 0 Å². The first-order chi connectivity index (χ1) is 11.7. The van der Waals surface area contributed by atoms with Crippen LogP contribution >= 0.6 is 11.6 Å². The number of hydrogen-bond donors (Lipinski definition) is 2. The van der Waals surface area contributed by atoms with Gasteiger partial charge in [0.25, 0.3) is 0 Å². The minimum absolute atomic E-state index is 0.617. The number of aliphatic imine (C=N–C) groups is 1. The van der Waals surface area contributed by atoms with E-state index in [-0.39, 0.29) is 0 Å². The first-order valence-corrected chi connectivity index (χ1v) is 8.42. The summed E-state index contributed by atoms with van der Waals surface area (Å²) in [4.78, 5) is 4.65. The number of hydrogen-bond acceptors (Lipinski definition) is 2. The average molecular weight is 346 g/mol. The molecule has 4 nitrogen and oxygen atoms in total. The van der Waals surface area contributed by atoms with E-state index in [2.05, 4.69) is 40.7 Å². The molecule has 0 radical (unpaired) electrons. The predicted octanol–water partition coefficient (Wildman–Crippen LogP) is 3.74. The Bertz CT molecular complexity index is 656. The van der Waals surface area contributed by atoms with Gasteiger partial charge in [0.15, 0.2) is 5.96 Å². The van der Waals surface area contributed by atoms with E-state index in [0.717, 1.165) is 34.2 Å². The Kier molecular flexibility index (Phi) is 7.59. The summed E-state index contributed by atoms with van der Waals surface area (Å²) in [7, 11) is 1.70. The summed E-state index contributed by atoms with van der Waals surface area (Å²) >= 11 is 5.91. The number of guanidine groups is 1. The summed E-state index contributed by atoms with van der Waals surface area (Å²) < 4.78 is 5.17. The van der Waals surface area contributed by atoms with Crippen LogP contribution in [0.1, 0.15) is 23.6 Å². The molecule has 0 unspecified atom stereocenters. The third-order valence-electron chi connectivity index (χ3n) is 3.44. The number of benzene rings is 2. The van der Waals surface area contributed by atoms with E-state index in [1.807, 2.05) is 30.3 Å². The maximum atomic E-state index is 5.91. The van der Waals surface area contributed by atoms with Crippen molar-refractivity contribution in [3.05, 3.63) is 70.2 Å². The highest BCUT2D eigenvalue weighted by atomic mass is 35.5. The first kappa shape index (κ1) is 18.3. The summed E-state index contributed by atoms with van der Waals surface area (Å²) in [5.41, 5.74) is 3.48. The lowest BCUT2D eigenvalue weighted by Crippen LogP contribution is -2.36. The van der Waals surface area contributed by atoms with E-state index in [9.17, 15) is 0 Å². The largest absolute Gasteiger partial charge is 0.380 e. The third kappa shape index (κ3) is 6.22. The molecule has 2 rings (SSSR count). The lowest BCUT2D eigenvalue weighted by Gasteiger charge is -2.11. The van der Waals surface area contributed by atoms with Crippen LogP contribution in [0, 0.1) is 0 Å². The van der Waals surface area contributed by atoms with Crippen LogP contribution in [-0.4, -0.2) is 19.6 Å². The number of nitrogens with zero attached hydrogens (tertiary/aromatic N) is 1. The Labute approximate surface area is 148 Å². The van der Waals surface area contributed by atoms with Crippen LogP contribution in [0.25, 0.3) is 0 Å². The molecule has 2 N–H and O–H groups in total. The number of ether oxygens (including phenoxy) is 1. The molecule has 2 aromatic carbocycles. The zero-order valence-corrected chi connectivity index (χ0v) is 14.9. The Balaban J connectivity index is 1.96. The fourth-order valence-electron chi connectivity index (χ4n) is 2.28. The molecule has 0 heterocycles. The van der Waals surface area contributed by atoms with E-state index in [1.165, 1.54) is 0 Å². The highest BCUT2D eigenvalue weighted by molar-refractivity contribution is 6.30. The normalized spacial score (nSPS) is 11.4. The van der Waals surface area contributed by atoms with Crippen molar-refractivity contribution < 1.29 is 4.74 Å². The summed E-state index contributed by atoms with van der Waals surface area (Å²) in [6.45, 7) is 4.81. The van der Waals surface area contributed by atoms with E-state index < -0.39 is 0 Å². The third-order valence-corrected chi connectivity index (χ3v) is 3.69. The summed E-state index contributed by atoms with van der Waals surface area (Å²) in [5.74, 6) is 0.796. The highest BCUT2D eigenvalue weighted by Crippen LogP contribution is 2.09. The fourth-order valence-corrected chi connectivity index (χ4v) is 2.41. The van der Waals surface area contributed by atoms with Gasteiger partial charge in [0, 0.05) is 25.2 Å². The smallest absolute Gasteiger partial charge is 0.191 e. The highest BCUT2D eigenvalue weighted by Gasteiger charge is 2.00. The topological polar surface area (TPSA) is 45.7 Å². The second-order valence-corrected chi connectivity index (χ2v) is 5.86. The molecule has 0 aliphatic rings. The van der Waals surface area contributed by atoms with Gasteiger partial charge in [0.05, 0.1) is 13.2 Å². The molecule has 0 saturated carbocycles. The standard InChI is InChI=1S/C19H24ClN3O/c1-3-21-19(22-12-15-7-9-18(20)10-8-15)23-13-16-5-4-6-17(11-16)14-24-2/h4-11H,3,12-14H2,1-2H3,(H2,21,22,23). The van der Waals surface area contributed by atoms with Crippen LogP contribution in [0.15, 0.2) is 53.5 Å². The Morgan fingerprint density at radius 2 is 1.79 bits per heavy atom. The van der Waals surface area contributed by atoms with Crippen molar-refractivity contribution in [1.29, 1.82) is 0 Å². The van der Waals surface area contributed by atoms with Crippen LogP contribution in [0.4, 0.5) is 0 Å². The van der Waals surface area contributed by atoms with Crippen molar-refractivity contribution in [2.45, 2.75) is 26.6 Å². The Hall–Kier alpha value is -2.04. The van der Waals surface area contributed by atoms with E-state index >= 15 is 0 Å². The number of rotatable bonds is 7. The molecule has 24 heavy (non-hydrogen) atoms. The fraction of sp³-hybridized carbons (Fsp3) is 0.316. The number of halogens is 1. The molecule has 2 aromatic rings. The number of nitrogens with one attached hydrogen (secondary N) is 2. The van der Waals surface area contributed by atoms with Crippen molar-refractivity contribution >= 4 is 17.6 Å². The second-order valence-electron chi connectivity index (χ2n) is 5.43. The van der Waals surface area contributed by atoms with Crippen LogP contribution in [0.5, 0.6) is 0 Å². The maximum Gasteiger partial charge on any atom is 0.191 e. The van der Waals surface area contributed by atoms with Crippen molar-refractivity contribution in [3.8, 4) is 0 Å². The molecule has 0 bridgehead atoms. The molecular formula is C19H24ClN3O. The lowest BCUT2D eigenvalue weighted by atomic mass is 10.1. The maximum absolute atomic E-state index is 5.91. The van der Waals surface area contributed by atoms with Crippen molar-refractivity contribution in [1.82, 2.24) is 10.6 Å². The Morgan fingerprint density at radius 3 is 2.50 bits per heavy atom. The first-order valence-electron chi connectivity index (χ1n) is 8.04. The number of methoxy groups -OCH3 is 1. The SMILES string of the molecule is CCNC(=NCc1cccc(COC)c1)NCc1ccc(Cl)cc1. The summed E-state index contributed by atoms with van der Waals surface area (Å²) in [6, 6.07) is 16.1. The van der Waals surface area contributed by atoms with Crippen LogP contribution in [-0.2, 0) is 24.4 Å². The minimum atomic E-state index is 0.617. The van der Waals surface area contributed by atoms with Crippen molar-refractivity contribution in [2.75, 3.05) is 13.7 Å². The van der Waals surface area contributed by atoms with E-state index in [4.69, 9.17) is 16.3 Å². The lowest BCUT2D eigenvalue weighted by molar-refractivity contribution is 0.185. The van der Waals surface area contributed by atoms with Crippen LogP contribution < -0.4 is 10.6 Å². The van der Waals surface area contributed by atoms with Gasteiger partial charge in [-0.3, -0.25) is 0 Å². The van der Waals surface area contributed by atoms with Crippen LogP contribution in [0.2, 0.25) is 5.02 Å². The van der Waals surface area contributed by atoms with Gasteiger partial charge < -0.3 is 15.4 Å². The molecule has 0 saturated heterocycles. The molecule has 0 aliphatic carbocycles. The quantitative estimate of drug-likeness (QED) is 0.593. The molecule has 0 atom stereocenters. The summed E-state index contributed by atoms with van der Waals surface area (Å²) in [5, 5.41) is 7.35. The van der Waals surface area contributed by atoms with E-state index in [1.54, 1.807) is 7.11 Å². The molecule has 0 fully saturated rings. The Morgan fingerprint density at radius 1 is 1.04 bits per heavy atom. The van der Waals surface area contributed by atoms with Gasteiger partial charge in [-0.25, -0.2) is 4.99 Å². The summed E-state index contributed by atoms with van der Waals surface area (Å²) in [6.07, 6.45) is 0. The predicted molar refractivity (Wildman–Crippen MR) is 100 cm³/mol. The van der Waals surface area contributed by atoms with Crippen molar-refractivity contribution in [3.63, 3.8) is 0 Å². The zero-order valence-electron chi connectivity index (χ0n) is 14.2. The van der Waals surface area contributed by atoms with Gasteiger partial charge in [0.2, 0.25) is 0 Å². The molecular weight excluding hydrogens is 322 g/mol. The molecule has 0 aliphatic heterocycles. The van der Waals surface area contributed by atoms with Gasteiger partial charge in [-0.05, 0) is 35.7 Å². The van der Waals surface area contributed by atoms with Gasteiger partial charge >= 0.3 is 0 Å². The van der Waals surface area contributed by atoms with Crippen LogP contribution in [0.3, 0.4) is 0 Å². The minimum Gasteiger partial charge on any atom is -0.380 e. The van der Waals surface area contributed by atoms with E-state index in [0.29, 0.717) is 19.7 Å². The van der Waals surface area contributed by atoms with Gasteiger partial charge in [-0.15, -0.1) is 0 Å². The van der Waals surface area contributed by atoms with Gasteiger partial charge in [-0.1, -0.05) is 48.0 Å². The second kappa shape index (κ2) is 9.96. The van der Waals surface area contributed by atoms with Crippen molar-refractivity contribution in [2.24, 2.45) is 4.99 Å².